The van der Waals surface area contributed by atoms with E-state index in [4.69, 9.17) is 9.47 Å². The Kier molecular flexibility index (Phi) is 7.46. The molecule has 34 heavy (non-hydrogen) atoms. The highest BCUT2D eigenvalue weighted by atomic mass is 19.4. The molecule has 2 aliphatic heterocycles. The summed E-state index contributed by atoms with van der Waals surface area (Å²) in [5, 5.41) is 16.2. The normalized spacial score (nSPS) is 26.4. The summed E-state index contributed by atoms with van der Waals surface area (Å²) in [5.74, 6) is -0.588. The Balaban J connectivity index is 1.20. The number of nitrogens with zero attached hydrogens (tertiary/aromatic N) is 1. The quantitative estimate of drug-likeness (QED) is 0.500. The number of amides is 1. The summed E-state index contributed by atoms with van der Waals surface area (Å²) in [7, 11) is 0. The van der Waals surface area contributed by atoms with E-state index in [0.717, 1.165) is 24.0 Å². The number of pyridine rings is 1. The second-order valence-corrected chi connectivity index (χ2v) is 8.43. The fourth-order valence-electron chi connectivity index (χ4n) is 4.28. The van der Waals surface area contributed by atoms with Gasteiger partial charge in [-0.15, -0.1) is 0 Å². The molecule has 184 valence electrons. The molecule has 3 N–H and O–H groups in total. The molecular formula is C23H25F4N3O4. The summed E-state index contributed by atoms with van der Waals surface area (Å²) >= 11 is 0. The maximum absolute atomic E-state index is 13.1. The van der Waals surface area contributed by atoms with Crippen LogP contribution in [0, 0.1) is 5.82 Å². The number of hydrogen-bond acceptors (Lipinski definition) is 6. The van der Waals surface area contributed by atoms with Gasteiger partial charge in [0.2, 0.25) is 5.91 Å². The van der Waals surface area contributed by atoms with Crippen LogP contribution < -0.4 is 10.6 Å². The van der Waals surface area contributed by atoms with Crippen molar-refractivity contribution in [2.75, 3.05) is 6.54 Å². The topological polar surface area (TPSA) is 92.7 Å². The van der Waals surface area contributed by atoms with Gasteiger partial charge in [-0.3, -0.25) is 9.78 Å². The maximum Gasteiger partial charge on any atom is 0.416 e. The van der Waals surface area contributed by atoms with Crippen molar-refractivity contribution < 1.29 is 36.9 Å². The molecule has 2 aromatic rings. The number of carbonyl (C=O) groups excluding carboxylic acids is 1. The number of fused-ring (bicyclic) bond motifs is 1. The Hall–Kier alpha value is -2.60. The molecule has 1 aromatic carbocycles. The van der Waals surface area contributed by atoms with Gasteiger partial charge in [-0.2, -0.15) is 13.2 Å². The number of aromatic nitrogens is 1. The van der Waals surface area contributed by atoms with Crippen molar-refractivity contribution in [2.24, 2.45) is 0 Å². The van der Waals surface area contributed by atoms with Crippen molar-refractivity contribution in [1.82, 2.24) is 15.6 Å². The van der Waals surface area contributed by atoms with Crippen LogP contribution in [0.2, 0.25) is 0 Å². The standard InChI is InChI=1S/C23H25F4N3O4/c24-15-3-1-13(2-4-15)9-30-20(31)8-16-7-18-22(33-16)21(32)19(34-18)12-29-11-14-10-28-6-5-17(14)23(25,26)27/h1-6,10,16,18-19,21-22,29,32H,7-9,11-12H2,(H,30,31)/t16-,18-,19-,21-,22+/m1/s1. The minimum absolute atomic E-state index is 0.00523. The van der Waals surface area contributed by atoms with Gasteiger partial charge in [0.15, 0.2) is 0 Å². The van der Waals surface area contributed by atoms with Crippen LogP contribution >= 0.6 is 0 Å². The minimum atomic E-state index is -4.48. The predicted molar refractivity (Wildman–Crippen MR) is 112 cm³/mol. The largest absolute Gasteiger partial charge is 0.416 e. The SMILES string of the molecule is O=C(C[C@H]1C[C@H]2O[C@H](CNCc3cnccc3C(F)(F)F)[C@@H](O)[C@H]2O1)NCc1ccc(F)cc1. The van der Waals surface area contributed by atoms with Crippen molar-refractivity contribution in [3.05, 3.63) is 65.2 Å². The first kappa shape index (κ1) is 24.5. The van der Waals surface area contributed by atoms with Crippen LogP contribution in [-0.4, -0.2) is 53.1 Å². The highest BCUT2D eigenvalue weighted by Gasteiger charge is 2.50. The molecule has 2 aliphatic rings. The van der Waals surface area contributed by atoms with Gasteiger partial charge in [0.1, 0.15) is 18.0 Å². The van der Waals surface area contributed by atoms with E-state index in [9.17, 15) is 27.5 Å². The van der Waals surface area contributed by atoms with Gasteiger partial charge in [-0.1, -0.05) is 12.1 Å². The fourth-order valence-corrected chi connectivity index (χ4v) is 4.28. The number of halogens is 4. The zero-order chi connectivity index (χ0) is 24.3. The molecule has 2 fully saturated rings. The van der Waals surface area contributed by atoms with Crippen molar-refractivity contribution in [3.8, 4) is 0 Å². The number of rotatable bonds is 8. The van der Waals surface area contributed by atoms with Crippen LogP contribution in [0.15, 0.2) is 42.7 Å². The van der Waals surface area contributed by atoms with Crippen LogP contribution in [0.4, 0.5) is 17.6 Å². The second-order valence-electron chi connectivity index (χ2n) is 8.43. The van der Waals surface area contributed by atoms with Gasteiger partial charge in [0.25, 0.3) is 0 Å². The van der Waals surface area contributed by atoms with Crippen LogP contribution in [0.1, 0.15) is 29.5 Å². The summed E-state index contributed by atoms with van der Waals surface area (Å²) in [6.45, 7) is 0.313. The molecule has 11 heteroatoms. The number of carbonyl (C=O) groups is 1. The van der Waals surface area contributed by atoms with Gasteiger partial charge in [0.05, 0.1) is 30.3 Å². The third-order valence-electron chi connectivity index (χ3n) is 5.96. The van der Waals surface area contributed by atoms with E-state index in [2.05, 4.69) is 15.6 Å². The number of alkyl halides is 3. The van der Waals surface area contributed by atoms with Gasteiger partial charge in [0, 0.05) is 38.4 Å². The van der Waals surface area contributed by atoms with E-state index >= 15 is 0 Å². The number of aliphatic hydroxyl groups is 1. The van der Waals surface area contributed by atoms with Gasteiger partial charge in [-0.25, -0.2) is 4.39 Å². The average molecular weight is 483 g/mol. The molecule has 0 spiro atoms. The molecule has 0 bridgehead atoms. The van der Waals surface area contributed by atoms with Gasteiger partial charge < -0.3 is 25.2 Å². The molecule has 0 aliphatic carbocycles. The molecule has 7 nitrogen and oxygen atoms in total. The van der Waals surface area contributed by atoms with Gasteiger partial charge in [-0.05, 0) is 29.3 Å². The molecule has 4 rings (SSSR count). The maximum atomic E-state index is 13.1. The third-order valence-corrected chi connectivity index (χ3v) is 5.96. The lowest BCUT2D eigenvalue weighted by Gasteiger charge is -2.20. The highest BCUT2D eigenvalue weighted by molar-refractivity contribution is 5.76. The molecule has 5 atom stereocenters. The number of hydrogen-bond donors (Lipinski definition) is 3. The third kappa shape index (κ3) is 5.90. The lowest BCUT2D eigenvalue weighted by molar-refractivity contribution is -0.138. The predicted octanol–water partition coefficient (Wildman–Crippen LogP) is 2.32. The smallest absolute Gasteiger partial charge is 0.388 e. The average Bonchev–Trinajstić information content (AvgIpc) is 3.31. The Labute approximate surface area is 193 Å². The Morgan fingerprint density at radius 3 is 2.62 bits per heavy atom. The Morgan fingerprint density at radius 2 is 1.91 bits per heavy atom. The van der Waals surface area contributed by atoms with E-state index in [1.165, 1.54) is 12.1 Å². The molecule has 3 heterocycles. The summed E-state index contributed by atoms with van der Waals surface area (Å²) in [6, 6.07) is 6.73. The number of nitrogens with one attached hydrogen (secondary N) is 2. The summed E-state index contributed by atoms with van der Waals surface area (Å²) < 4.78 is 63.9. The van der Waals surface area contributed by atoms with E-state index in [0.29, 0.717) is 6.42 Å². The number of aliphatic hydroxyl groups excluding tert-OH is 1. The van der Waals surface area contributed by atoms with Gasteiger partial charge >= 0.3 is 6.18 Å². The number of benzene rings is 1. The minimum Gasteiger partial charge on any atom is -0.388 e. The van der Waals surface area contributed by atoms with Crippen molar-refractivity contribution in [3.63, 3.8) is 0 Å². The second kappa shape index (κ2) is 10.3. The fraction of sp³-hybridized carbons (Fsp3) is 0.478. The van der Waals surface area contributed by atoms with Crippen LogP contribution in [-0.2, 0) is 33.5 Å². The molecular weight excluding hydrogens is 458 g/mol. The van der Waals surface area contributed by atoms with Crippen molar-refractivity contribution in [2.45, 2.75) is 62.6 Å². The molecule has 0 radical (unpaired) electrons. The van der Waals surface area contributed by atoms with E-state index < -0.39 is 42.3 Å². The Bertz CT molecular complexity index is 989. The summed E-state index contributed by atoms with van der Waals surface area (Å²) in [6.07, 6.45) is -4.76. The first-order valence-electron chi connectivity index (χ1n) is 10.9. The first-order valence-corrected chi connectivity index (χ1v) is 10.9. The molecule has 0 saturated carbocycles. The van der Waals surface area contributed by atoms with E-state index in [1.807, 2.05) is 0 Å². The monoisotopic (exact) mass is 483 g/mol. The highest BCUT2D eigenvalue weighted by Crippen LogP contribution is 2.35. The summed E-state index contributed by atoms with van der Waals surface area (Å²) in [5.41, 5.74) is 0.0102. The van der Waals surface area contributed by atoms with E-state index in [1.54, 1.807) is 12.1 Å². The number of ether oxygens (including phenoxy) is 2. The lowest BCUT2D eigenvalue weighted by atomic mass is 10.1. The van der Waals surface area contributed by atoms with Crippen LogP contribution in [0.25, 0.3) is 0 Å². The van der Waals surface area contributed by atoms with E-state index in [-0.39, 0.29) is 43.3 Å². The molecule has 0 unspecified atom stereocenters. The zero-order valence-corrected chi connectivity index (χ0v) is 18.1. The van der Waals surface area contributed by atoms with Crippen LogP contribution in [0.3, 0.4) is 0 Å². The van der Waals surface area contributed by atoms with Crippen LogP contribution in [0.5, 0.6) is 0 Å². The molecule has 2 saturated heterocycles. The first-order chi connectivity index (χ1) is 16.2. The van der Waals surface area contributed by atoms with Crippen molar-refractivity contribution >= 4 is 5.91 Å². The Morgan fingerprint density at radius 1 is 1.15 bits per heavy atom. The summed E-state index contributed by atoms with van der Waals surface area (Å²) in [4.78, 5) is 16.0. The van der Waals surface area contributed by atoms with Crippen molar-refractivity contribution in [1.29, 1.82) is 0 Å². The zero-order valence-electron chi connectivity index (χ0n) is 18.1. The molecule has 1 amide bonds. The lowest BCUT2D eigenvalue weighted by Crippen LogP contribution is -2.39. The molecule has 1 aromatic heterocycles.